The predicted molar refractivity (Wildman–Crippen MR) is 186 cm³/mol. The van der Waals surface area contributed by atoms with Crippen molar-refractivity contribution in [2.24, 2.45) is 16.6 Å². The summed E-state index contributed by atoms with van der Waals surface area (Å²) >= 11 is 0. The van der Waals surface area contributed by atoms with Gasteiger partial charge in [0.15, 0.2) is 5.54 Å². The normalized spacial score (nSPS) is 15.8. The minimum Gasteiger partial charge on any atom is -0.456 e. The van der Waals surface area contributed by atoms with Crippen LogP contribution in [0.5, 0.6) is 0 Å². The lowest BCUT2D eigenvalue weighted by molar-refractivity contribution is -0.131. The molecule has 0 radical (unpaired) electrons. The summed E-state index contributed by atoms with van der Waals surface area (Å²) in [5.74, 6) is -2.45. The molecular formula is C38H39N5O5. The molecule has 0 fully saturated rings. The van der Waals surface area contributed by atoms with Crippen molar-refractivity contribution in [1.82, 2.24) is 5.32 Å². The number of para-hydroxylation sites is 1. The van der Waals surface area contributed by atoms with Gasteiger partial charge in [0.2, 0.25) is 12.1 Å². The predicted octanol–water partition coefficient (Wildman–Crippen LogP) is 6.01. The second-order valence-corrected chi connectivity index (χ2v) is 12.8. The van der Waals surface area contributed by atoms with Crippen LogP contribution in [0.1, 0.15) is 61.7 Å². The van der Waals surface area contributed by atoms with Crippen LogP contribution >= 0.6 is 0 Å². The summed E-state index contributed by atoms with van der Waals surface area (Å²) in [5, 5.41) is 5.42. The van der Waals surface area contributed by atoms with Gasteiger partial charge in [-0.3, -0.25) is 14.5 Å². The average molecular weight is 646 g/mol. The Kier molecular flexibility index (Phi) is 9.47. The number of aliphatic imine (C=N–C) groups is 1. The van der Waals surface area contributed by atoms with Crippen LogP contribution in [0.3, 0.4) is 0 Å². The zero-order chi connectivity index (χ0) is 34.6. The molecule has 0 aromatic heterocycles. The van der Waals surface area contributed by atoms with Crippen molar-refractivity contribution < 1.29 is 23.9 Å². The lowest BCUT2D eigenvalue weighted by atomic mass is 9.76. The van der Waals surface area contributed by atoms with Gasteiger partial charge in [0, 0.05) is 16.8 Å². The van der Waals surface area contributed by atoms with Gasteiger partial charge in [-0.05, 0) is 56.5 Å². The Morgan fingerprint density at radius 3 is 2.10 bits per heavy atom. The molecule has 48 heavy (non-hydrogen) atoms. The highest BCUT2D eigenvalue weighted by Crippen LogP contribution is 2.43. The molecule has 4 amide bonds. The van der Waals surface area contributed by atoms with Gasteiger partial charge < -0.3 is 21.1 Å². The van der Waals surface area contributed by atoms with Crippen LogP contribution in [0.15, 0.2) is 114 Å². The maximum absolute atomic E-state index is 14.9. The van der Waals surface area contributed by atoms with E-state index in [9.17, 15) is 19.2 Å². The molecule has 4 N–H and O–H groups in total. The van der Waals surface area contributed by atoms with Crippen molar-refractivity contribution in [1.29, 1.82) is 0 Å². The highest BCUT2D eigenvalue weighted by Gasteiger charge is 2.53. The molecule has 0 aliphatic carbocycles. The number of hydrogen-bond acceptors (Lipinski definition) is 6. The zero-order valence-corrected chi connectivity index (χ0v) is 27.6. The number of benzene rings is 4. The first-order chi connectivity index (χ1) is 22.8. The molecule has 0 bridgehead atoms. The van der Waals surface area contributed by atoms with E-state index in [-0.39, 0.29) is 5.56 Å². The number of ether oxygens (including phenoxy) is 1. The van der Waals surface area contributed by atoms with Crippen LogP contribution in [0, 0.1) is 5.92 Å². The number of urea groups is 1. The van der Waals surface area contributed by atoms with E-state index in [1.54, 1.807) is 75.4 Å². The van der Waals surface area contributed by atoms with Crippen molar-refractivity contribution >= 4 is 40.9 Å². The number of anilines is 2. The fraction of sp³-hybridized carbons (Fsp3) is 0.237. The second kappa shape index (κ2) is 13.5. The lowest BCUT2D eigenvalue weighted by Gasteiger charge is -2.45. The van der Waals surface area contributed by atoms with Gasteiger partial charge in [0.25, 0.3) is 5.91 Å². The van der Waals surface area contributed by atoms with Crippen molar-refractivity contribution in [2.75, 3.05) is 10.2 Å². The Morgan fingerprint density at radius 2 is 1.48 bits per heavy atom. The fourth-order valence-electron chi connectivity index (χ4n) is 5.95. The van der Waals surface area contributed by atoms with Gasteiger partial charge >= 0.3 is 12.0 Å². The Hall–Kier alpha value is -5.77. The number of benzodiazepines with no additional fused rings is 1. The van der Waals surface area contributed by atoms with Gasteiger partial charge in [-0.25, -0.2) is 14.6 Å². The number of amides is 4. The number of carbonyl (C=O) groups is 4. The third-order valence-electron chi connectivity index (χ3n) is 7.96. The first kappa shape index (κ1) is 33.6. The van der Waals surface area contributed by atoms with Gasteiger partial charge in [-0.1, -0.05) is 98.8 Å². The monoisotopic (exact) mass is 645 g/mol. The summed E-state index contributed by atoms with van der Waals surface area (Å²) in [6, 6.07) is 30.9. The summed E-state index contributed by atoms with van der Waals surface area (Å²) in [6.45, 7) is 8.94. The Morgan fingerprint density at radius 1 is 0.854 bits per heavy atom. The van der Waals surface area contributed by atoms with Gasteiger partial charge in [0.05, 0.1) is 17.0 Å². The minimum absolute atomic E-state index is 0.241. The second-order valence-electron chi connectivity index (χ2n) is 12.8. The summed E-state index contributed by atoms with van der Waals surface area (Å²) < 4.78 is 5.46. The zero-order valence-electron chi connectivity index (χ0n) is 27.6. The van der Waals surface area contributed by atoms with Crippen molar-refractivity contribution in [3.8, 4) is 0 Å². The molecule has 1 aliphatic rings. The molecule has 4 aromatic carbocycles. The number of nitrogens with two attached hydrogens (primary N) is 1. The topological polar surface area (TPSA) is 143 Å². The highest BCUT2D eigenvalue weighted by atomic mass is 16.6. The molecule has 5 rings (SSSR count). The van der Waals surface area contributed by atoms with Crippen LogP contribution < -0.4 is 21.3 Å². The van der Waals surface area contributed by atoms with E-state index >= 15 is 0 Å². The van der Waals surface area contributed by atoms with Gasteiger partial charge in [-0.2, -0.15) is 0 Å². The third kappa shape index (κ3) is 6.69. The average Bonchev–Trinajstić information content (AvgIpc) is 3.16. The minimum atomic E-state index is -1.66. The molecule has 1 aliphatic heterocycles. The largest absolute Gasteiger partial charge is 0.456 e. The molecule has 10 nitrogen and oxygen atoms in total. The molecule has 1 heterocycles. The van der Waals surface area contributed by atoms with Crippen LogP contribution in [-0.2, 0) is 19.9 Å². The number of primary amides is 1. The van der Waals surface area contributed by atoms with E-state index in [0.717, 1.165) is 0 Å². The van der Waals surface area contributed by atoms with Crippen LogP contribution in [-0.4, -0.2) is 41.3 Å². The fourth-order valence-corrected chi connectivity index (χ4v) is 5.95. The number of nitrogens with one attached hydrogen (secondary N) is 2. The number of esters is 1. The van der Waals surface area contributed by atoms with E-state index < -0.39 is 47.0 Å². The maximum atomic E-state index is 14.9. The van der Waals surface area contributed by atoms with E-state index in [2.05, 4.69) is 10.6 Å². The molecule has 10 heteroatoms. The first-order valence-electron chi connectivity index (χ1n) is 15.7. The Balaban J connectivity index is 1.62. The number of hydrogen-bond donors (Lipinski definition) is 3. The summed E-state index contributed by atoms with van der Waals surface area (Å²) in [7, 11) is 0. The smallest absolute Gasteiger partial charge is 0.338 e. The van der Waals surface area contributed by atoms with E-state index in [0.29, 0.717) is 33.8 Å². The molecular weight excluding hydrogens is 606 g/mol. The van der Waals surface area contributed by atoms with Crippen LogP contribution in [0.4, 0.5) is 16.2 Å². The van der Waals surface area contributed by atoms with E-state index in [4.69, 9.17) is 15.5 Å². The number of fused-ring (bicyclic) bond motifs is 1. The number of carbonyl (C=O) groups excluding carboxylic acids is 4. The van der Waals surface area contributed by atoms with Crippen LogP contribution in [0.2, 0.25) is 0 Å². The lowest BCUT2D eigenvalue weighted by Crippen LogP contribution is -2.64. The molecule has 2 unspecified atom stereocenters. The van der Waals surface area contributed by atoms with Crippen molar-refractivity contribution in [3.63, 3.8) is 0 Å². The quantitative estimate of drug-likeness (QED) is 0.201. The Bertz CT molecular complexity index is 1870. The maximum Gasteiger partial charge on any atom is 0.338 e. The van der Waals surface area contributed by atoms with Crippen molar-refractivity contribution in [2.45, 2.75) is 51.9 Å². The highest BCUT2D eigenvalue weighted by molar-refractivity contribution is 6.21. The Labute approximate surface area is 280 Å². The van der Waals surface area contributed by atoms with Gasteiger partial charge in [0.1, 0.15) is 5.60 Å². The molecule has 246 valence electrons. The van der Waals surface area contributed by atoms with E-state index in [1.807, 2.05) is 62.4 Å². The first-order valence-corrected chi connectivity index (χ1v) is 15.7. The van der Waals surface area contributed by atoms with E-state index in [1.165, 1.54) is 11.0 Å². The standard InChI is InChI=1S/C38H39N5O5/c1-24(2)38(35(39)46,27-18-10-7-11-19-27)43-30-22-13-12-21-29(30)31(25-15-8-6-9-16-25)41-32(33(43)44)42-36(47)40-28-20-14-17-26(23-28)34(45)48-37(3,4)5/h6-24,32H,1-5H3,(H2,39,46)(H2,40,42,47). The van der Waals surface area contributed by atoms with Crippen LogP contribution in [0.25, 0.3) is 0 Å². The summed E-state index contributed by atoms with van der Waals surface area (Å²) in [4.78, 5) is 61.2. The van der Waals surface area contributed by atoms with Crippen molar-refractivity contribution in [3.05, 3.63) is 131 Å². The molecule has 0 saturated carbocycles. The van der Waals surface area contributed by atoms with Gasteiger partial charge in [-0.15, -0.1) is 0 Å². The SMILES string of the molecule is CC(C)C(C(N)=O)(c1ccccc1)N1C(=O)C(NC(=O)Nc2cccc(C(=O)OC(C)(C)C)c2)N=C(c2ccccc2)c2ccccc21. The molecule has 2 atom stereocenters. The third-order valence-corrected chi connectivity index (χ3v) is 7.96. The molecule has 4 aromatic rings. The number of nitrogens with zero attached hydrogens (tertiary/aromatic N) is 2. The summed E-state index contributed by atoms with van der Waals surface area (Å²) in [5.41, 5.74) is 7.09. The molecule has 0 spiro atoms. The summed E-state index contributed by atoms with van der Waals surface area (Å²) in [6.07, 6.45) is -1.48. The molecule has 0 saturated heterocycles. The number of rotatable bonds is 8.